The van der Waals surface area contributed by atoms with E-state index in [1.807, 2.05) is 12.3 Å². The Bertz CT molecular complexity index is 571. The van der Waals surface area contributed by atoms with Gasteiger partial charge < -0.3 is 4.42 Å². The van der Waals surface area contributed by atoms with Gasteiger partial charge in [-0.2, -0.15) is 0 Å². The second-order valence-corrected chi connectivity index (χ2v) is 5.44. The fraction of sp³-hybridized carbons (Fsp3) is 0.182. The zero-order valence-corrected chi connectivity index (χ0v) is 10.9. The van der Waals surface area contributed by atoms with Crippen LogP contribution in [0.5, 0.6) is 0 Å². The van der Waals surface area contributed by atoms with Gasteiger partial charge in [-0.05, 0) is 30.8 Å². The van der Waals surface area contributed by atoms with Gasteiger partial charge in [0.05, 0.1) is 0 Å². The van der Waals surface area contributed by atoms with Crippen LogP contribution in [0.2, 0.25) is 0 Å². The van der Waals surface area contributed by atoms with E-state index in [1.54, 1.807) is 0 Å². The van der Waals surface area contributed by atoms with Crippen molar-refractivity contribution >= 4 is 34.0 Å². The number of thiazole rings is 1. The topological polar surface area (TPSA) is 60.2 Å². The molecule has 0 saturated carbocycles. The van der Waals surface area contributed by atoms with Crippen LogP contribution in [0, 0.1) is 6.92 Å². The van der Waals surface area contributed by atoms with Crippen LogP contribution in [0.1, 0.15) is 33.7 Å². The Morgan fingerprint density at radius 3 is 2.59 bits per heavy atom. The highest BCUT2D eigenvalue weighted by atomic mass is 32.2. The molecule has 4 nitrogen and oxygen atoms in total. The van der Waals surface area contributed by atoms with Crippen molar-refractivity contribution in [2.75, 3.05) is 0 Å². The van der Waals surface area contributed by atoms with Gasteiger partial charge >= 0.3 is 0 Å². The van der Waals surface area contributed by atoms with Gasteiger partial charge in [0.1, 0.15) is 0 Å². The van der Waals surface area contributed by atoms with Gasteiger partial charge in [0.25, 0.3) is 5.12 Å². The van der Waals surface area contributed by atoms with Gasteiger partial charge in [0.15, 0.2) is 21.6 Å². The SMILES string of the molecule is CC(=O)c1ccc(C(=O)Sc2nc(C)cs2)o1. The first-order valence-electron chi connectivity index (χ1n) is 4.81. The smallest absolute Gasteiger partial charge is 0.261 e. The number of aryl methyl sites for hydroxylation is 1. The van der Waals surface area contributed by atoms with Crippen LogP contribution in [0.3, 0.4) is 0 Å². The number of nitrogens with zero attached hydrogens (tertiary/aromatic N) is 1. The standard InChI is InChI=1S/C11H9NO3S2/c1-6-5-16-11(12-6)17-10(14)9-4-3-8(15-9)7(2)13/h3-5H,1-2H3. The maximum absolute atomic E-state index is 11.8. The average Bonchev–Trinajstić information content (AvgIpc) is 2.86. The number of Topliss-reactive ketones (excluding diaryl/α,β-unsaturated/α-hetero) is 1. The van der Waals surface area contributed by atoms with E-state index in [2.05, 4.69) is 4.98 Å². The highest BCUT2D eigenvalue weighted by Gasteiger charge is 2.16. The summed E-state index contributed by atoms with van der Waals surface area (Å²) < 4.78 is 5.82. The predicted molar refractivity (Wildman–Crippen MR) is 65.8 cm³/mol. The van der Waals surface area contributed by atoms with Crippen molar-refractivity contribution in [3.63, 3.8) is 0 Å². The molecule has 88 valence electrons. The van der Waals surface area contributed by atoms with Crippen molar-refractivity contribution in [3.05, 3.63) is 34.7 Å². The predicted octanol–water partition coefficient (Wildman–Crippen LogP) is 3.18. The van der Waals surface area contributed by atoms with E-state index in [9.17, 15) is 9.59 Å². The highest BCUT2D eigenvalue weighted by molar-refractivity contribution is 8.15. The lowest BCUT2D eigenvalue weighted by molar-refractivity contribution is 0.0981. The quantitative estimate of drug-likeness (QED) is 0.631. The van der Waals surface area contributed by atoms with Gasteiger partial charge in [0.2, 0.25) is 0 Å². The van der Waals surface area contributed by atoms with Crippen molar-refractivity contribution in [1.29, 1.82) is 0 Å². The molecule has 0 aliphatic heterocycles. The van der Waals surface area contributed by atoms with Gasteiger partial charge in [-0.25, -0.2) is 4.98 Å². The fourth-order valence-corrected chi connectivity index (χ4v) is 2.79. The van der Waals surface area contributed by atoms with Gasteiger partial charge in [-0.1, -0.05) is 0 Å². The first-order valence-corrected chi connectivity index (χ1v) is 6.51. The third-order valence-corrected chi connectivity index (χ3v) is 3.88. The summed E-state index contributed by atoms with van der Waals surface area (Å²) in [5.41, 5.74) is 0.883. The van der Waals surface area contributed by atoms with Crippen LogP contribution in [-0.4, -0.2) is 15.9 Å². The minimum absolute atomic E-state index is 0.174. The Morgan fingerprint density at radius 2 is 2.06 bits per heavy atom. The molecule has 0 radical (unpaired) electrons. The van der Waals surface area contributed by atoms with Crippen molar-refractivity contribution in [3.8, 4) is 0 Å². The molecular weight excluding hydrogens is 258 g/mol. The van der Waals surface area contributed by atoms with Crippen molar-refractivity contribution in [2.45, 2.75) is 18.2 Å². The van der Waals surface area contributed by atoms with Crippen molar-refractivity contribution < 1.29 is 14.0 Å². The lowest BCUT2D eigenvalue weighted by Gasteiger charge is -1.92. The molecular formula is C11H9NO3S2. The summed E-state index contributed by atoms with van der Waals surface area (Å²) in [6.07, 6.45) is 0. The van der Waals surface area contributed by atoms with Crippen LogP contribution in [0.25, 0.3) is 0 Å². The van der Waals surface area contributed by atoms with Gasteiger partial charge in [0, 0.05) is 18.0 Å². The molecule has 2 aromatic heterocycles. The first kappa shape index (κ1) is 12.1. The van der Waals surface area contributed by atoms with Crippen LogP contribution in [0.4, 0.5) is 0 Å². The summed E-state index contributed by atoms with van der Waals surface area (Å²) in [5.74, 6) is 0.177. The lowest BCUT2D eigenvalue weighted by Crippen LogP contribution is -1.91. The summed E-state index contributed by atoms with van der Waals surface area (Å²) in [6.45, 7) is 3.26. The minimum atomic E-state index is -0.244. The molecule has 0 saturated heterocycles. The molecule has 6 heteroatoms. The Morgan fingerprint density at radius 1 is 1.35 bits per heavy atom. The molecule has 0 bridgehead atoms. The van der Waals surface area contributed by atoms with E-state index in [1.165, 1.54) is 30.4 Å². The maximum Gasteiger partial charge on any atom is 0.261 e. The summed E-state index contributed by atoms with van der Waals surface area (Å²) >= 11 is 2.41. The molecule has 0 N–H and O–H groups in total. The van der Waals surface area contributed by atoms with Crippen LogP contribution < -0.4 is 0 Å². The number of furan rings is 1. The number of rotatable bonds is 3. The summed E-state index contributed by atoms with van der Waals surface area (Å²) in [6, 6.07) is 3.01. The van der Waals surface area contributed by atoms with E-state index in [0.717, 1.165) is 17.5 Å². The maximum atomic E-state index is 11.8. The molecule has 0 spiro atoms. The number of thioether (sulfide) groups is 1. The van der Waals surface area contributed by atoms with E-state index in [0.29, 0.717) is 4.34 Å². The molecule has 17 heavy (non-hydrogen) atoms. The van der Waals surface area contributed by atoms with Crippen molar-refractivity contribution in [1.82, 2.24) is 4.98 Å². The summed E-state index contributed by atoms with van der Waals surface area (Å²) in [5, 5.41) is 1.63. The largest absolute Gasteiger partial charge is 0.449 e. The summed E-state index contributed by atoms with van der Waals surface area (Å²) in [7, 11) is 0. The number of ketones is 1. The molecule has 2 rings (SSSR count). The number of hydrogen-bond acceptors (Lipinski definition) is 6. The van der Waals surface area contributed by atoms with Gasteiger partial charge in [-0.15, -0.1) is 11.3 Å². The van der Waals surface area contributed by atoms with Crippen molar-refractivity contribution in [2.24, 2.45) is 0 Å². The Hall–Kier alpha value is -1.40. The van der Waals surface area contributed by atoms with Crippen LogP contribution in [0.15, 0.2) is 26.3 Å². The molecule has 0 amide bonds. The first-order chi connectivity index (χ1) is 8.06. The second-order valence-electron chi connectivity index (χ2n) is 3.36. The van der Waals surface area contributed by atoms with E-state index >= 15 is 0 Å². The molecule has 0 aliphatic carbocycles. The third kappa shape index (κ3) is 2.83. The van der Waals surface area contributed by atoms with E-state index in [4.69, 9.17) is 4.42 Å². The fourth-order valence-electron chi connectivity index (χ4n) is 1.15. The van der Waals surface area contributed by atoms with Crippen LogP contribution in [-0.2, 0) is 0 Å². The molecule has 2 aromatic rings. The number of carbonyl (C=O) groups is 2. The average molecular weight is 267 g/mol. The highest BCUT2D eigenvalue weighted by Crippen LogP contribution is 2.26. The number of hydrogen-bond donors (Lipinski definition) is 0. The lowest BCUT2D eigenvalue weighted by atomic mass is 10.3. The summed E-state index contributed by atoms with van der Waals surface area (Å²) in [4.78, 5) is 27.0. The number of carbonyl (C=O) groups excluding carboxylic acids is 2. The monoisotopic (exact) mass is 267 g/mol. The Balaban J connectivity index is 2.11. The Labute approximate surface area is 106 Å². The van der Waals surface area contributed by atoms with Gasteiger partial charge in [-0.3, -0.25) is 9.59 Å². The van der Waals surface area contributed by atoms with E-state index < -0.39 is 0 Å². The van der Waals surface area contributed by atoms with E-state index in [-0.39, 0.29) is 22.4 Å². The zero-order chi connectivity index (χ0) is 12.4. The molecule has 0 atom stereocenters. The number of aromatic nitrogens is 1. The molecule has 2 heterocycles. The minimum Gasteiger partial charge on any atom is -0.449 e. The third-order valence-electron chi connectivity index (χ3n) is 1.93. The zero-order valence-electron chi connectivity index (χ0n) is 9.22. The molecule has 0 unspecified atom stereocenters. The molecule has 0 fully saturated rings. The molecule has 0 aliphatic rings. The molecule has 0 aromatic carbocycles. The Kier molecular flexibility index (Phi) is 3.44. The normalized spacial score (nSPS) is 10.5. The van der Waals surface area contributed by atoms with Crippen LogP contribution >= 0.6 is 23.1 Å². The second kappa shape index (κ2) is 4.85.